The Kier molecular flexibility index (Phi) is 4.91. The number of cyclic esters (lactones) is 1. The van der Waals surface area contributed by atoms with Crippen LogP contribution in [0.1, 0.15) is 38.7 Å². The largest absolute Gasteiger partial charge is 0.492 e. The summed E-state index contributed by atoms with van der Waals surface area (Å²) in [4.78, 5) is 12.4. The Morgan fingerprint density at radius 2 is 2.25 bits per heavy atom. The number of carbonyl (C=O) groups excluding carboxylic acids is 1. The standard InChI is InChI=1S/C20H25ClO3/c1-13(2)6-7-23-18-5-4-15(9-17(18)21)11-20-10-14(3)8-16(20)12-24-19(20)22/h4-5,9,13,16H,3,6-8,10-12H2,1-2H3. The van der Waals surface area contributed by atoms with E-state index >= 15 is 0 Å². The molecule has 0 amide bonds. The second kappa shape index (κ2) is 6.79. The summed E-state index contributed by atoms with van der Waals surface area (Å²) in [5.41, 5.74) is 1.76. The lowest BCUT2D eigenvalue weighted by atomic mass is 9.75. The molecule has 130 valence electrons. The van der Waals surface area contributed by atoms with Crippen molar-refractivity contribution in [2.45, 2.75) is 39.5 Å². The van der Waals surface area contributed by atoms with Gasteiger partial charge in [-0.25, -0.2) is 0 Å². The average molecular weight is 349 g/mol. The van der Waals surface area contributed by atoms with Crippen LogP contribution in [0.25, 0.3) is 0 Å². The van der Waals surface area contributed by atoms with Crippen molar-refractivity contribution in [3.05, 3.63) is 40.9 Å². The van der Waals surface area contributed by atoms with Crippen LogP contribution in [-0.4, -0.2) is 19.2 Å². The third-order valence-corrected chi connectivity index (χ3v) is 5.47. The molecule has 1 aromatic carbocycles. The number of fused-ring (bicyclic) bond motifs is 1. The van der Waals surface area contributed by atoms with Crippen LogP contribution in [0, 0.1) is 17.3 Å². The molecule has 3 rings (SSSR count). The van der Waals surface area contributed by atoms with Crippen LogP contribution in [0.5, 0.6) is 5.75 Å². The maximum atomic E-state index is 12.4. The number of hydrogen-bond acceptors (Lipinski definition) is 3. The summed E-state index contributed by atoms with van der Waals surface area (Å²) < 4.78 is 11.1. The molecule has 1 aromatic rings. The molecule has 2 atom stereocenters. The third kappa shape index (κ3) is 3.32. The Morgan fingerprint density at radius 1 is 1.46 bits per heavy atom. The van der Waals surface area contributed by atoms with Gasteiger partial charge in [0.15, 0.2) is 0 Å². The van der Waals surface area contributed by atoms with E-state index in [2.05, 4.69) is 20.4 Å². The van der Waals surface area contributed by atoms with E-state index in [1.54, 1.807) is 0 Å². The van der Waals surface area contributed by atoms with Crippen molar-refractivity contribution >= 4 is 17.6 Å². The summed E-state index contributed by atoms with van der Waals surface area (Å²) in [5.74, 6) is 1.47. The number of carbonyl (C=O) groups is 1. The van der Waals surface area contributed by atoms with Gasteiger partial charge in [-0.05, 0) is 49.3 Å². The lowest BCUT2D eigenvalue weighted by molar-refractivity contribution is -0.146. The van der Waals surface area contributed by atoms with E-state index in [4.69, 9.17) is 21.1 Å². The summed E-state index contributed by atoms with van der Waals surface area (Å²) in [5, 5.41) is 0.604. The molecule has 3 nitrogen and oxygen atoms in total. The van der Waals surface area contributed by atoms with E-state index in [1.807, 2.05) is 18.2 Å². The number of allylic oxidation sites excluding steroid dienone is 1. The minimum absolute atomic E-state index is 0.0838. The molecular formula is C20H25ClO3. The summed E-state index contributed by atoms with van der Waals surface area (Å²) in [6.45, 7) is 9.59. The molecule has 2 unspecified atom stereocenters. The van der Waals surface area contributed by atoms with Gasteiger partial charge < -0.3 is 9.47 Å². The fourth-order valence-corrected chi connectivity index (χ4v) is 4.06. The molecule has 1 saturated heterocycles. The first kappa shape index (κ1) is 17.3. The SMILES string of the molecule is C=C1CC2COC(=O)C2(Cc2ccc(OCCC(C)C)c(Cl)c2)C1. The zero-order chi connectivity index (χ0) is 17.3. The Balaban J connectivity index is 1.72. The van der Waals surface area contributed by atoms with Crippen molar-refractivity contribution < 1.29 is 14.3 Å². The van der Waals surface area contributed by atoms with E-state index in [0.29, 0.717) is 36.3 Å². The maximum Gasteiger partial charge on any atom is 0.313 e. The van der Waals surface area contributed by atoms with Gasteiger partial charge in [-0.15, -0.1) is 0 Å². The van der Waals surface area contributed by atoms with Gasteiger partial charge in [-0.2, -0.15) is 0 Å². The van der Waals surface area contributed by atoms with Crippen molar-refractivity contribution in [2.24, 2.45) is 17.3 Å². The first-order chi connectivity index (χ1) is 11.4. The van der Waals surface area contributed by atoms with Crippen LogP contribution < -0.4 is 4.74 Å². The molecule has 1 heterocycles. The zero-order valence-electron chi connectivity index (χ0n) is 14.4. The summed E-state index contributed by atoms with van der Waals surface area (Å²) in [7, 11) is 0. The normalized spacial score (nSPS) is 25.9. The van der Waals surface area contributed by atoms with Gasteiger partial charge in [0.1, 0.15) is 5.75 Å². The zero-order valence-corrected chi connectivity index (χ0v) is 15.2. The van der Waals surface area contributed by atoms with Crippen molar-refractivity contribution in [1.82, 2.24) is 0 Å². The van der Waals surface area contributed by atoms with Crippen LogP contribution in [0.4, 0.5) is 0 Å². The number of hydrogen-bond donors (Lipinski definition) is 0. The maximum absolute atomic E-state index is 12.4. The second-order valence-electron chi connectivity index (χ2n) is 7.55. The smallest absolute Gasteiger partial charge is 0.313 e. The second-order valence-corrected chi connectivity index (χ2v) is 7.96. The van der Waals surface area contributed by atoms with Crippen molar-refractivity contribution in [1.29, 1.82) is 0 Å². The molecular weight excluding hydrogens is 324 g/mol. The van der Waals surface area contributed by atoms with E-state index in [1.165, 1.54) is 0 Å². The highest BCUT2D eigenvalue weighted by atomic mass is 35.5. The first-order valence-electron chi connectivity index (χ1n) is 8.66. The van der Waals surface area contributed by atoms with E-state index in [-0.39, 0.29) is 11.9 Å². The minimum Gasteiger partial charge on any atom is -0.492 e. The van der Waals surface area contributed by atoms with Crippen molar-refractivity contribution in [3.63, 3.8) is 0 Å². The number of esters is 1. The minimum atomic E-state index is -0.444. The number of rotatable bonds is 6. The Labute approximate surface area is 149 Å². The van der Waals surface area contributed by atoms with Gasteiger partial charge in [0.05, 0.1) is 23.7 Å². The van der Waals surface area contributed by atoms with Crippen LogP contribution in [-0.2, 0) is 16.0 Å². The van der Waals surface area contributed by atoms with Crippen LogP contribution in [0.15, 0.2) is 30.4 Å². The van der Waals surface area contributed by atoms with Crippen molar-refractivity contribution in [3.8, 4) is 5.75 Å². The molecule has 0 aromatic heterocycles. The van der Waals surface area contributed by atoms with Crippen LogP contribution >= 0.6 is 11.6 Å². The molecule has 0 radical (unpaired) electrons. The molecule has 0 bridgehead atoms. The number of ether oxygens (including phenoxy) is 2. The first-order valence-corrected chi connectivity index (χ1v) is 9.03. The van der Waals surface area contributed by atoms with Gasteiger partial charge in [-0.3, -0.25) is 4.79 Å². The lowest BCUT2D eigenvalue weighted by Crippen LogP contribution is -2.31. The molecule has 0 spiro atoms. The summed E-state index contributed by atoms with van der Waals surface area (Å²) in [6.07, 6.45) is 3.26. The molecule has 24 heavy (non-hydrogen) atoms. The van der Waals surface area contributed by atoms with Gasteiger partial charge in [0, 0.05) is 5.92 Å². The average Bonchev–Trinajstić information content (AvgIpc) is 2.96. The quantitative estimate of drug-likeness (QED) is 0.546. The molecule has 1 aliphatic carbocycles. The number of halogens is 1. The Morgan fingerprint density at radius 3 is 2.96 bits per heavy atom. The lowest BCUT2D eigenvalue weighted by Gasteiger charge is -2.24. The van der Waals surface area contributed by atoms with E-state index in [9.17, 15) is 4.79 Å². The highest BCUT2D eigenvalue weighted by molar-refractivity contribution is 6.32. The Bertz CT molecular complexity index is 652. The topological polar surface area (TPSA) is 35.5 Å². The fourth-order valence-electron chi connectivity index (χ4n) is 3.80. The summed E-state index contributed by atoms with van der Waals surface area (Å²) >= 11 is 6.38. The summed E-state index contributed by atoms with van der Waals surface area (Å²) in [6, 6.07) is 5.84. The van der Waals surface area contributed by atoms with Gasteiger partial charge in [-0.1, -0.05) is 43.7 Å². The molecule has 2 aliphatic rings. The van der Waals surface area contributed by atoms with Gasteiger partial charge >= 0.3 is 5.97 Å². The van der Waals surface area contributed by atoms with Crippen molar-refractivity contribution in [2.75, 3.05) is 13.2 Å². The predicted molar refractivity (Wildman–Crippen MR) is 95.4 cm³/mol. The molecule has 4 heteroatoms. The van der Waals surface area contributed by atoms with E-state index in [0.717, 1.165) is 30.4 Å². The van der Waals surface area contributed by atoms with E-state index < -0.39 is 5.41 Å². The van der Waals surface area contributed by atoms with Crippen LogP contribution in [0.2, 0.25) is 5.02 Å². The monoisotopic (exact) mass is 348 g/mol. The molecule has 1 aliphatic heterocycles. The van der Waals surface area contributed by atoms with Crippen LogP contribution in [0.3, 0.4) is 0 Å². The molecule has 1 saturated carbocycles. The van der Waals surface area contributed by atoms with Gasteiger partial charge in [0.25, 0.3) is 0 Å². The highest BCUT2D eigenvalue weighted by Crippen LogP contribution is 2.52. The van der Waals surface area contributed by atoms with Gasteiger partial charge in [0.2, 0.25) is 0 Å². The fraction of sp³-hybridized carbons (Fsp3) is 0.550. The molecule has 0 N–H and O–H groups in total. The molecule has 2 fully saturated rings. The highest BCUT2D eigenvalue weighted by Gasteiger charge is 2.55. The third-order valence-electron chi connectivity index (χ3n) is 5.17. The number of benzene rings is 1. The predicted octanol–water partition coefficient (Wildman–Crippen LogP) is 4.82. The Hall–Kier alpha value is -1.48.